The molecule has 0 radical (unpaired) electrons. The number of hydrogen-bond acceptors (Lipinski definition) is 6. The molecule has 2 aromatic carbocycles. The summed E-state index contributed by atoms with van der Waals surface area (Å²) in [6.07, 6.45) is 1.65. The summed E-state index contributed by atoms with van der Waals surface area (Å²) in [6.45, 7) is 11.4. The Morgan fingerprint density at radius 2 is 1.74 bits per heavy atom. The first-order chi connectivity index (χ1) is 16.6. The molecular weight excluding hydrogens is 460 g/mol. The lowest BCUT2D eigenvalue weighted by molar-refractivity contribution is -0.114. The number of hydrazone groups is 1. The third-order valence-corrected chi connectivity index (χ3v) is 6.68. The van der Waals surface area contributed by atoms with Crippen LogP contribution in [-0.4, -0.2) is 40.2 Å². The molecule has 0 saturated carbocycles. The predicted molar refractivity (Wildman–Crippen MR) is 142 cm³/mol. The van der Waals surface area contributed by atoms with E-state index in [1.165, 1.54) is 22.3 Å². The Balaban J connectivity index is 1.37. The van der Waals surface area contributed by atoms with Crippen LogP contribution < -0.4 is 9.47 Å². The van der Waals surface area contributed by atoms with Crippen LogP contribution in [0.25, 0.3) is 6.08 Å². The van der Waals surface area contributed by atoms with E-state index in [0.717, 1.165) is 16.4 Å². The zero-order valence-corrected chi connectivity index (χ0v) is 21.5. The van der Waals surface area contributed by atoms with Gasteiger partial charge in [-0.05, 0) is 58.6 Å². The second-order valence-corrected chi connectivity index (χ2v) is 10.6. The number of benzene rings is 2. The van der Waals surface area contributed by atoms with Gasteiger partial charge in [0, 0.05) is 5.92 Å². The lowest BCUT2D eigenvalue weighted by Gasteiger charge is -2.20. The number of amides is 1. The van der Waals surface area contributed by atoms with Gasteiger partial charge in [0.15, 0.2) is 5.84 Å². The number of fused-ring (bicyclic) bond motifs is 1. The van der Waals surface area contributed by atoms with E-state index in [-0.39, 0.29) is 22.7 Å². The highest BCUT2D eigenvalue weighted by Crippen LogP contribution is 2.31. The van der Waals surface area contributed by atoms with Gasteiger partial charge in [-0.2, -0.15) is 15.1 Å². The SMILES string of the molecule is CC(C)C1=NN2C(=N)/C(=C/c3cccc(OCCOc4ccc(C(C)(C)C)cc4)c3)C(=O)N=C2S1. The summed E-state index contributed by atoms with van der Waals surface area (Å²) in [5, 5.41) is 15.6. The first-order valence-electron chi connectivity index (χ1n) is 11.6. The molecule has 0 unspecified atom stereocenters. The number of amidine groups is 2. The second-order valence-electron chi connectivity index (χ2n) is 9.66. The number of nitrogens with zero attached hydrogens (tertiary/aromatic N) is 3. The normalized spacial score (nSPS) is 17.0. The Kier molecular flexibility index (Phi) is 7.12. The summed E-state index contributed by atoms with van der Waals surface area (Å²) < 4.78 is 11.6. The van der Waals surface area contributed by atoms with Crippen LogP contribution in [-0.2, 0) is 10.2 Å². The summed E-state index contributed by atoms with van der Waals surface area (Å²) in [6, 6.07) is 15.5. The van der Waals surface area contributed by atoms with Crippen LogP contribution in [0.15, 0.2) is 64.2 Å². The van der Waals surface area contributed by atoms with Gasteiger partial charge in [0.1, 0.15) is 29.8 Å². The molecule has 0 aromatic heterocycles. The number of nitrogens with one attached hydrogen (secondary N) is 1. The van der Waals surface area contributed by atoms with Crippen LogP contribution in [0, 0.1) is 11.3 Å². The van der Waals surface area contributed by atoms with Gasteiger partial charge in [-0.3, -0.25) is 10.2 Å². The lowest BCUT2D eigenvalue weighted by Crippen LogP contribution is -2.35. The van der Waals surface area contributed by atoms with E-state index in [0.29, 0.717) is 24.1 Å². The van der Waals surface area contributed by atoms with Crippen LogP contribution >= 0.6 is 11.8 Å². The third kappa shape index (κ3) is 5.82. The zero-order chi connectivity index (χ0) is 25.2. The number of aliphatic imine (C=N–C) groups is 1. The van der Waals surface area contributed by atoms with Gasteiger partial charge in [-0.15, -0.1) is 0 Å². The molecular formula is C27H30N4O3S. The molecule has 0 bridgehead atoms. The van der Waals surface area contributed by atoms with Crippen LogP contribution in [0.1, 0.15) is 45.7 Å². The average Bonchev–Trinajstić information content (AvgIpc) is 3.24. The molecule has 1 amide bonds. The summed E-state index contributed by atoms with van der Waals surface area (Å²) in [4.78, 5) is 16.7. The minimum absolute atomic E-state index is 0.0281. The second kappa shape index (κ2) is 10.1. The fourth-order valence-corrected chi connectivity index (χ4v) is 4.36. The zero-order valence-electron chi connectivity index (χ0n) is 20.7. The van der Waals surface area contributed by atoms with Crippen LogP contribution in [0.4, 0.5) is 0 Å². The number of hydrogen-bond donors (Lipinski definition) is 1. The van der Waals surface area contributed by atoms with E-state index in [2.05, 4.69) is 43.0 Å². The van der Waals surface area contributed by atoms with Gasteiger partial charge in [0.05, 0.1) is 5.57 Å². The van der Waals surface area contributed by atoms with Gasteiger partial charge in [0.25, 0.3) is 5.91 Å². The maximum atomic E-state index is 12.6. The van der Waals surface area contributed by atoms with Gasteiger partial charge < -0.3 is 9.47 Å². The maximum Gasteiger partial charge on any atom is 0.283 e. The van der Waals surface area contributed by atoms with E-state index < -0.39 is 5.91 Å². The molecule has 2 aliphatic rings. The predicted octanol–water partition coefficient (Wildman–Crippen LogP) is 5.72. The molecule has 4 rings (SSSR count). The maximum absolute atomic E-state index is 12.6. The van der Waals surface area contributed by atoms with Crippen molar-refractivity contribution < 1.29 is 14.3 Å². The Morgan fingerprint density at radius 1 is 1.06 bits per heavy atom. The Hall–Kier alpha value is -3.39. The van der Waals surface area contributed by atoms with Crippen molar-refractivity contribution in [1.29, 1.82) is 5.41 Å². The molecule has 35 heavy (non-hydrogen) atoms. The molecule has 0 saturated heterocycles. The largest absolute Gasteiger partial charge is 0.490 e. The topological polar surface area (TPSA) is 87.3 Å². The Morgan fingerprint density at radius 3 is 2.40 bits per heavy atom. The molecule has 0 atom stereocenters. The Bertz CT molecular complexity index is 1220. The van der Waals surface area contributed by atoms with Crippen LogP contribution in [0.5, 0.6) is 11.5 Å². The number of carbonyl (C=O) groups excluding carboxylic acids is 1. The van der Waals surface area contributed by atoms with Gasteiger partial charge in [-0.25, -0.2) is 0 Å². The number of ether oxygens (including phenoxy) is 2. The first-order valence-corrected chi connectivity index (χ1v) is 12.4. The minimum Gasteiger partial charge on any atom is -0.490 e. The smallest absolute Gasteiger partial charge is 0.283 e. The summed E-state index contributed by atoms with van der Waals surface area (Å²) in [7, 11) is 0. The van der Waals surface area contributed by atoms with Crippen molar-refractivity contribution >= 4 is 39.8 Å². The quantitative estimate of drug-likeness (QED) is 0.396. The average molecular weight is 491 g/mol. The summed E-state index contributed by atoms with van der Waals surface area (Å²) >= 11 is 1.34. The lowest BCUT2D eigenvalue weighted by atomic mass is 9.87. The highest BCUT2D eigenvalue weighted by atomic mass is 32.2. The number of carbonyl (C=O) groups is 1. The molecule has 0 aliphatic carbocycles. The van der Waals surface area contributed by atoms with Crippen molar-refractivity contribution in [3.05, 3.63) is 65.2 Å². The fourth-order valence-electron chi connectivity index (χ4n) is 3.47. The number of thioether (sulfide) groups is 1. The Labute approximate surface area is 210 Å². The molecule has 1 N–H and O–H groups in total. The van der Waals surface area contributed by atoms with Gasteiger partial charge in [0.2, 0.25) is 5.17 Å². The summed E-state index contributed by atoms with van der Waals surface area (Å²) in [5.41, 5.74) is 2.30. The van der Waals surface area contributed by atoms with Gasteiger partial charge >= 0.3 is 0 Å². The van der Waals surface area contributed by atoms with E-state index in [1.54, 1.807) is 6.08 Å². The van der Waals surface area contributed by atoms with E-state index in [1.807, 2.05) is 50.2 Å². The van der Waals surface area contributed by atoms with Crippen molar-refractivity contribution in [1.82, 2.24) is 5.01 Å². The molecule has 182 valence electrons. The third-order valence-electron chi connectivity index (χ3n) is 5.47. The standard InChI is InChI=1S/C27H30N4O3S/c1-17(2)25-30-31-23(28)22(24(32)29-26(31)35-25)16-18-7-6-8-21(15-18)34-14-13-33-20-11-9-19(10-12-20)27(3,4)5/h6-12,15-17,28H,13-14H2,1-5H3/b22-16-,28-23?. The first kappa shape index (κ1) is 24.7. The molecule has 8 heteroatoms. The van der Waals surface area contributed by atoms with Crippen molar-refractivity contribution in [2.75, 3.05) is 13.2 Å². The molecule has 2 aromatic rings. The van der Waals surface area contributed by atoms with E-state index in [4.69, 9.17) is 14.9 Å². The monoisotopic (exact) mass is 490 g/mol. The fraction of sp³-hybridized carbons (Fsp3) is 0.333. The molecule has 0 fully saturated rings. The van der Waals surface area contributed by atoms with Crippen molar-refractivity contribution in [3.8, 4) is 11.5 Å². The molecule has 0 spiro atoms. The van der Waals surface area contributed by atoms with Gasteiger partial charge in [-0.1, -0.05) is 58.9 Å². The molecule has 2 aliphatic heterocycles. The van der Waals surface area contributed by atoms with Crippen LogP contribution in [0.3, 0.4) is 0 Å². The van der Waals surface area contributed by atoms with Crippen molar-refractivity contribution in [2.45, 2.75) is 40.0 Å². The van der Waals surface area contributed by atoms with E-state index in [9.17, 15) is 4.79 Å². The van der Waals surface area contributed by atoms with Crippen molar-refractivity contribution in [3.63, 3.8) is 0 Å². The minimum atomic E-state index is -0.439. The van der Waals surface area contributed by atoms with E-state index >= 15 is 0 Å². The number of rotatable bonds is 7. The highest BCUT2D eigenvalue weighted by Gasteiger charge is 2.36. The van der Waals surface area contributed by atoms with Crippen LogP contribution in [0.2, 0.25) is 0 Å². The molecule has 2 heterocycles. The van der Waals surface area contributed by atoms with Crippen molar-refractivity contribution in [2.24, 2.45) is 16.0 Å². The molecule has 7 nitrogen and oxygen atoms in total. The highest BCUT2D eigenvalue weighted by molar-refractivity contribution is 8.27. The summed E-state index contributed by atoms with van der Waals surface area (Å²) in [5.74, 6) is 1.25.